The fraction of sp³-hybridized carbons (Fsp3) is 0.789. The fourth-order valence-electron chi connectivity index (χ4n) is 3.61. The topological polar surface area (TPSA) is 40.5 Å². The van der Waals surface area contributed by atoms with Gasteiger partial charge in [-0.2, -0.15) is 0 Å². The Morgan fingerprint density at radius 2 is 1.24 bits per heavy atom. The minimum Gasteiger partial charge on any atom is -0.396 e. The van der Waals surface area contributed by atoms with E-state index >= 15 is 0 Å². The van der Waals surface area contributed by atoms with Gasteiger partial charge in [0, 0.05) is 5.41 Å². The van der Waals surface area contributed by atoms with Crippen molar-refractivity contribution >= 4 is 0 Å². The maximum atomic E-state index is 9.84. The molecule has 2 aliphatic carbocycles. The number of hydrogen-bond acceptors (Lipinski definition) is 2. The first kappa shape index (κ1) is 16.8. The SMILES string of the molecule is OCC(CO)(CCC1=CCCCC1)CCC1=CCCCC1. The molecule has 0 bridgehead atoms. The lowest BCUT2D eigenvalue weighted by Crippen LogP contribution is -2.30. The molecule has 2 aliphatic rings. The van der Waals surface area contributed by atoms with Gasteiger partial charge in [-0.05, 0) is 77.0 Å². The number of hydrogen-bond donors (Lipinski definition) is 2. The molecule has 120 valence electrons. The number of allylic oxidation sites excluding steroid dienone is 4. The zero-order chi connectivity index (χ0) is 15.0. The van der Waals surface area contributed by atoms with Crippen molar-refractivity contribution in [3.63, 3.8) is 0 Å². The van der Waals surface area contributed by atoms with Gasteiger partial charge in [-0.3, -0.25) is 0 Å². The lowest BCUT2D eigenvalue weighted by atomic mass is 9.77. The van der Waals surface area contributed by atoms with Crippen molar-refractivity contribution in [1.29, 1.82) is 0 Å². The van der Waals surface area contributed by atoms with Crippen LogP contribution in [-0.4, -0.2) is 23.4 Å². The van der Waals surface area contributed by atoms with Crippen LogP contribution in [0.5, 0.6) is 0 Å². The van der Waals surface area contributed by atoms with Crippen molar-refractivity contribution in [2.24, 2.45) is 5.41 Å². The highest BCUT2D eigenvalue weighted by Gasteiger charge is 2.29. The lowest BCUT2D eigenvalue weighted by molar-refractivity contribution is 0.0398. The van der Waals surface area contributed by atoms with E-state index in [0.29, 0.717) is 0 Å². The van der Waals surface area contributed by atoms with Crippen molar-refractivity contribution in [3.05, 3.63) is 23.3 Å². The Bertz CT molecular complexity index is 332. The van der Waals surface area contributed by atoms with Crippen LogP contribution >= 0.6 is 0 Å². The smallest absolute Gasteiger partial charge is 0.0509 e. The summed E-state index contributed by atoms with van der Waals surface area (Å²) < 4.78 is 0. The second kappa shape index (κ2) is 8.75. The predicted molar refractivity (Wildman–Crippen MR) is 88.2 cm³/mol. The predicted octanol–water partition coefficient (Wildman–Crippen LogP) is 4.52. The number of aliphatic hydroxyl groups excluding tert-OH is 2. The van der Waals surface area contributed by atoms with E-state index in [1.807, 2.05) is 0 Å². The molecule has 0 aliphatic heterocycles. The van der Waals surface area contributed by atoms with Crippen molar-refractivity contribution in [2.75, 3.05) is 13.2 Å². The highest BCUT2D eigenvalue weighted by Crippen LogP contribution is 2.35. The number of aliphatic hydroxyl groups is 2. The largest absolute Gasteiger partial charge is 0.396 e. The van der Waals surface area contributed by atoms with Crippen LogP contribution in [0.4, 0.5) is 0 Å². The lowest BCUT2D eigenvalue weighted by Gasteiger charge is -2.31. The van der Waals surface area contributed by atoms with E-state index in [9.17, 15) is 10.2 Å². The third kappa shape index (κ3) is 5.27. The Hall–Kier alpha value is -0.600. The summed E-state index contributed by atoms with van der Waals surface area (Å²) in [6, 6.07) is 0. The Morgan fingerprint density at radius 3 is 1.57 bits per heavy atom. The molecule has 0 amide bonds. The molecule has 0 saturated carbocycles. The molecule has 0 aromatic rings. The first-order chi connectivity index (χ1) is 10.3. The van der Waals surface area contributed by atoms with Crippen LogP contribution in [0.15, 0.2) is 23.3 Å². The summed E-state index contributed by atoms with van der Waals surface area (Å²) in [6.45, 7) is 0.230. The normalized spacial score (nSPS) is 20.1. The molecular formula is C19H32O2. The summed E-state index contributed by atoms with van der Waals surface area (Å²) in [4.78, 5) is 0. The van der Waals surface area contributed by atoms with Gasteiger partial charge >= 0.3 is 0 Å². The molecule has 2 nitrogen and oxygen atoms in total. The van der Waals surface area contributed by atoms with E-state index in [2.05, 4.69) is 12.2 Å². The molecular weight excluding hydrogens is 260 g/mol. The van der Waals surface area contributed by atoms with E-state index in [0.717, 1.165) is 25.7 Å². The second-order valence-electron chi connectivity index (χ2n) is 7.03. The molecule has 2 heteroatoms. The minimum absolute atomic E-state index is 0.115. The van der Waals surface area contributed by atoms with Gasteiger partial charge in [0.25, 0.3) is 0 Å². The van der Waals surface area contributed by atoms with E-state index in [-0.39, 0.29) is 18.6 Å². The summed E-state index contributed by atoms with van der Waals surface area (Å²) in [5.74, 6) is 0. The van der Waals surface area contributed by atoms with Crippen LogP contribution in [0.25, 0.3) is 0 Å². The Kier molecular flexibility index (Phi) is 6.98. The molecule has 0 unspecified atom stereocenters. The zero-order valence-electron chi connectivity index (χ0n) is 13.4. The third-order valence-corrected chi connectivity index (χ3v) is 5.39. The standard InChI is InChI=1S/C19H32O2/c20-15-19(16-21,13-11-17-7-3-1-4-8-17)14-12-18-9-5-2-6-10-18/h7,9,20-21H,1-6,8,10-16H2. The molecule has 0 aromatic heterocycles. The monoisotopic (exact) mass is 292 g/mol. The van der Waals surface area contributed by atoms with Gasteiger partial charge in [0.1, 0.15) is 0 Å². The molecule has 2 rings (SSSR count). The Labute approximate surface area is 130 Å². The molecule has 0 heterocycles. The van der Waals surface area contributed by atoms with Gasteiger partial charge in [0.15, 0.2) is 0 Å². The Morgan fingerprint density at radius 1 is 0.762 bits per heavy atom. The van der Waals surface area contributed by atoms with E-state index in [1.54, 1.807) is 11.1 Å². The second-order valence-corrected chi connectivity index (χ2v) is 7.03. The van der Waals surface area contributed by atoms with Crippen molar-refractivity contribution in [1.82, 2.24) is 0 Å². The molecule has 0 aromatic carbocycles. The van der Waals surface area contributed by atoms with Gasteiger partial charge in [-0.15, -0.1) is 0 Å². The van der Waals surface area contributed by atoms with Crippen LogP contribution in [0.3, 0.4) is 0 Å². The van der Waals surface area contributed by atoms with Crippen molar-refractivity contribution in [3.8, 4) is 0 Å². The Balaban J connectivity index is 1.85. The maximum absolute atomic E-state index is 9.84. The van der Waals surface area contributed by atoms with Gasteiger partial charge in [-0.1, -0.05) is 23.3 Å². The summed E-state index contributed by atoms with van der Waals surface area (Å²) in [5, 5.41) is 19.7. The first-order valence-corrected chi connectivity index (χ1v) is 8.85. The molecule has 0 radical (unpaired) electrons. The van der Waals surface area contributed by atoms with Crippen LogP contribution < -0.4 is 0 Å². The quantitative estimate of drug-likeness (QED) is 0.646. The average Bonchev–Trinajstić information content (AvgIpc) is 2.58. The average molecular weight is 292 g/mol. The molecule has 0 fully saturated rings. The van der Waals surface area contributed by atoms with Crippen LogP contribution in [0.2, 0.25) is 0 Å². The molecule has 0 spiro atoms. The maximum Gasteiger partial charge on any atom is 0.0509 e. The minimum atomic E-state index is -0.281. The van der Waals surface area contributed by atoms with Crippen molar-refractivity contribution in [2.45, 2.75) is 77.0 Å². The number of rotatable bonds is 8. The summed E-state index contributed by atoms with van der Waals surface area (Å²) in [7, 11) is 0. The summed E-state index contributed by atoms with van der Waals surface area (Å²) >= 11 is 0. The highest BCUT2D eigenvalue weighted by atomic mass is 16.3. The summed E-state index contributed by atoms with van der Waals surface area (Å²) in [5.41, 5.74) is 2.81. The van der Waals surface area contributed by atoms with Gasteiger partial charge in [0.2, 0.25) is 0 Å². The molecule has 0 saturated heterocycles. The van der Waals surface area contributed by atoms with Gasteiger partial charge in [0.05, 0.1) is 13.2 Å². The van der Waals surface area contributed by atoms with E-state index in [1.165, 1.54) is 51.4 Å². The first-order valence-electron chi connectivity index (χ1n) is 8.85. The third-order valence-electron chi connectivity index (χ3n) is 5.39. The molecule has 21 heavy (non-hydrogen) atoms. The zero-order valence-corrected chi connectivity index (χ0v) is 13.4. The molecule has 0 atom stereocenters. The molecule has 2 N–H and O–H groups in total. The fourth-order valence-corrected chi connectivity index (χ4v) is 3.61. The van der Waals surface area contributed by atoms with Crippen LogP contribution in [0, 0.1) is 5.41 Å². The van der Waals surface area contributed by atoms with Crippen LogP contribution in [0.1, 0.15) is 77.0 Å². The van der Waals surface area contributed by atoms with Gasteiger partial charge < -0.3 is 10.2 Å². The van der Waals surface area contributed by atoms with E-state index in [4.69, 9.17) is 0 Å². The van der Waals surface area contributed by atoms with Gasteiger partial charge in [-0.25, -0.2) is 0 Å². The summed E-state index contributed by atoms with van der Waals surface area (Å²) in [6.07, 6.45) is 18.9. The van der Waals surface area contributed by atoms with Crippen LogP contribution in [-0.2, 0) is 0 Å². The van der Waals surface area contributed by atoms with Crippen molar-refractivity contribution < 1.29 is 10.2 Å². The highest BCUT2D eigenvalue weighted by molar-refractivity contribution is 5.08. The van der Waals surface area contributed by atoms with E-state index < -0.39 is 0 Å².